The van der Waals surface area contributed by atoms with Crippen molar-refractivity contribution in [1.82, 2.24) is 9.91 Å². The number of hydrogen-bond donors (Lipinski definition) is 1. The molecular weight excluding hydrogens is 244 g/mol. The average Bonchev–Trinajstić information content (AvgIpc) is 2.33. The highest BCUT2D eigenvalue weighted by atomic mass is 16.2. The van der Waals surface area contributed by atoms with E-state index in [2.05, 4.69) is 5.32 Å². The van der Waals surface area contributed by atoms with Crippen LogP contribution in [0.25, 0.3) is 0 Å². The summed E-state index contributed by atoms with van der Waals surface area (Å²) < 4.78 is 0. The molecule has 1 aromatic carbocycles. The molecule has 0 bridgehead atoms. The Morgan fingerprint density at radius 3 is 2.32 bits per heavy atom. The van der Waals surface area contributed by atoms with E-state index in [1.165, 1.54) is 9.91 Å². The van der Waals surface area contributed by atoms with E-state index in [4.69, 9.17) is 0 Å². The highest BCUT2D eigenvalue weighted by molar-refractivity contribution is 5.91. The highest BCUT2D eigenvalue weighted by Crippen LogP contribution is 2.23. The van der Waals surface area contributed by atoms with Crippen LogP contribution in [0.1, 0.15) is 5.56 Å². The number of amides is 3. The van der Waals surface area contributed by atoms with Crippen LogP contribution in [0, 0.1) is 6.92 Å². The molecule has 0 fully saturated rings. The van der Waals surface area contributed by atoms with E-state index in [9.17, 15) is 9.59 Å². The number of hydrogen-bond acceptors (Lipinski definition) is 3. The molecule has 104 valence electrons. The Kier molecular flexibility index (Phi) is 4.88. The van der Waals surface area contributed by atoms with Crippen molar-refractivity contribution in [3.63, 3.8) is 0 Å². The van der Waals surface area contributed by atoms with E-state index < -0.39 is 0 Å². The summed E-state index contributed by atoms with van der Waals surface area (Å²) in [5.74, 6) is 0. The number of anilines is 2. The summed E-state index contributed by atoms with van der Waals surface area (Å²) in [5, 5.41) is 5.90. The first-order chi connectivity index (χ1) is 8.86. The lowest BCUT2D eigenvalue weighted by molar-refractivity contribution is -0.109. The van der Waals surface area contributed by atoms with E-state index in [0.29, 0.717) is 11.4 Å². The molecule has 0 spiro atoms. The molecule has 0 aliphatic rings. The van der Waals surface area contributed by atoms with Gasteiger partial charge in [0.05, 0.1) is 5.69 Å². The van der Waals surface area contributed by atoms with Gasteiger partial charge in [0.1, 0.15) is 0 Å². The van der Waals surface area contributed by atoms with Crippen LogP contribution >= 0.6 is 0 Å². The monoisotopic (exact) mass is 264 g/mol. The molecule has 1 N–H and O–H groups in total. The first kappa shape index (κ1) is 15.0. The van der Waals surface area contributed by atoms with Crippen molar-refractivity contribution in [2.75, 3.05) is 38.5 Å². The summed E-state index contributed by atoms with van der Waals surface area (Å²) in [6.45, 7) is 1.90. The molecule has 0 atom stereocenters. The van der Waals surface area contributed by atoms with Gasteiger partial charge in [-0.1, -0.05) is 6.07 Å². The van der Waals surface area contributed by atoms with Crippen LogP contribution in [0.3, 0.4) is 0 Å². The molecule has 6 heteroatoms. The van der Waals surface area contributed by atoms with Crippen LogP contribution in [0.2, 0.25) is 0 Å². The van der Waals surface area contributed by atoms with Gasteiger partial charge in [0, 0.05) is 33.9 Å². The summed E-state index contributed by atoms with van der Waals surface area (Å²) in [6.07, 6.45) is 0.724. The molecule has 0 saturated heterocycles. The number of hydrazine groups is 1. The molecule has 6 nitrogen and oxygen atoms in total. The third-order valence-electron chi connectivity index (χ3n) is 2.66. The van der Waals surface area contributed by atoms with Crippen molar-refractivity contribution in [1.29, 1.82) is 0 Å². The first-order valence-corrected chi connectivity index (χ1v) is 5.87. The van der Waals surface area contributed by atoms with Crippen molar-refractivity contribution >= 4 is 23.8 Å². The Labute approximate surface area is 113 Å². The Hall–Kier alpha value is -2.08. The fourth-order valence-corrected chi connectivity index (χ4v) is 1.50. The lowest BCUT2D eigenvalue weighted by Crippen LogP contribution is -2.35. The van der Waals surface area contributed by atoms with Crippen LogP contribution in [0.5, 0.6) is 0 Å². The lowest BCUT2D eigenvalue weighted by atomic mass is 10.2. The molecule has 0 radical (unpaired) electrons. The average molecular weight is 264 g/mol. The molecule has 3 amide bonds. The van der Waals surface area contributed by atoms with Gasteiger partial charge in [0.2, 0.25) is 6.41 Å². The Balaban J connectivity index is 3.06. The number of rotatable bonds is 4. The number of carbonyl (C=O) groups is 2. The quantitative estimate of drug-likeness (QED) is 0.663. The van der Waals surface area contributed by atoms with Gasteiger partial charge in [-0.2, -0.15) is 0 Å². The highest BCUT2D eigenvalue weighted by Gasteiger charge is 2.11. The maximum absolute atomic E-state index is 11.7. The van der Waals surface area contributed by atoms with Crippen molar-refractivity contribution in [3.8, 4) is 0 Å². The van der Waals surface area contributed by atoms with E-state index in [0.717, 1.165) is 12.0 Å². The van der Waals surface area contributed by atoms with Gasteiger partial charge in [-0.15, -0.1) is 0 Å². The zero-order valence-corrected chi connectivity index (χ0v) is 12.0. The summed E-state index contributed by atoms with van der Waals surface area (Å²) in [4.78, 5) is 24.2. The zero-order valence-electron chi connectivity index (χ0n) is 12.0. The number of aryl methyl sites for hydroxylation is 1. The summed E-state index contributed by atoms with van der Waals surface area (Å²) in [5.41, 5.74) is 2.31. The summed E-state index contributed by atoms with van der Waals surface area (Å²) in [7, 11) is 6.89. The minimum absolute atomic E-state index is 0.206. The maximum atomic E-state index is 11.7. The topological polar surface area (TPSA) is 55.9 Å². The molecular formula is C13H20N4O2. The van der Waals surface area contributed by atoms with E-state index >= 15 is 0 Å². The molecule has 0 aromatic heterocycles. The lowest BCUT2D eigenvalue weighted by Gasteiger charge is -2.25. The third kappa shape index (κ3) is 3.69. The molecule has 19 heavy (non-hydrogen) atoms. The molecule has 0 unspecified atom stereocenters. The molecule has 1 aromatic rings. The van der Waals surface area contributed by atoms with Crippen LogP contribution in [0.4, 0.5) is 16.2 Å². The molecule has 1 rings (SSSR count). The number of nitrogens with one attached hydrogen (secondary N) is 1. The van der Waals surface area contributed by atoms with Gasteiger partial charge in [0.25, 0.3) is 0 Å². The minimum Gasteiger partial charge on any atom is -0.331 e. The van der Waals surface area contributed by atoms with E-state index in [1.54, 1.807) is 39.3 Å². The second-order valence-corrected chi connectivity index (χ2v) is 4.62. The molecule has 0 aliphatic carbocycles. The van der Waals surface area contributed by atoms with Crippen molar-refractivity contribution in [2.24, 2.45) is 0 Å². The van der Waals surface area contributed by atoms with Crippen LogP contribution < -0.4 is 10.3 Å². The van der Waals surface area contributed by atoms with Crippen LogP contribution in [0.15, 0.2) is 18.2 Å². The van der Waals surface area contributed by atoms with Crippen molar-refractivity contribution < 1.29 is 9.59 Å². The summed E-state index contributed by atoms with van der Waals surface area (Å²) in [6, 6.07) is 5.25. The van der Waals surface area contributed by atoms with Crippen LogP contribution in [-0.2, 0) is 4.79 Å². The Morgan fingerprint density at radius 2 is 1.84 bits per heavy atom. The third-order valence-corrected chi connectivity index (χ3v) is 2.66. The Morgan fingerprint density at radius 1 is 1.21 bits per heavy atom. The maximum Gasteiger partial charge on any atom is 0.321 e. The van der Waals surface area contributed by atoms with Gasteiger partial charge in [-0.05, 0) is 24.6 Å². The van der Waals surface area contributed by atoms with Gasteiger partial charge in [0.15, 0.2) is 0 Å². The fraction of sp³-hybridized carbons (Fsp3) is 0.385. The Bertz CT molecular complexity index is 472. The number of urea groups is 1. The fourth-order valence-electron chi connectivity index (χ4n) is 1.50. The van der Waals surface area contributed by atoms with Crippen LogP contribution in [-0.4, -0.2) is 50.5 Å². The number of carbonyl (C=O) groups excluding carboxylic acids is 2. The second kappa shape index (κ2) is 6.19. The van der Waals surface area contributed by atoms with E-state index in [1.807, 2.05) is 19.1 Å². The first-order valence-electron chi connectivity index (χ1n) is 5.87. The molecule has 0 aliphatic heterocycles. The zero-order chi connectivity index (χ0) is 14.6. The smallest absolute Gasteiger partial charge is 0.321 e. The number of nitrogens with zero attached hydrogens (tertiary/aromatic N) is 3. The summed E-state index contributed by atoms with van der Waals surface area (Å²) >= 11 is 0. The SMILES string of the molecule is Cc1ccc(N(C=O)N(C)C)cc1NC(=O)N(C)C. The molecule has 0 heterocycles. The normalized spacial score (nSPS) is 10.2. The largest absolute Gasteiger partial charge is 0.331 e. The number of benzene rings is 1. The van der Waals surface area contributed by atoms with Crippen molar-refractivity contribution in [2.45, 2.75) is 6.92 Å². The van der Waals surface area contributed by atoms with Gasteiger partial charge >= 0.3 is 6.03 Å². The second-order valence-electron chi connectivity index (χ2n) is 4.62. The van der Waals surface area contributed by atoms with Gasteiger partial charge in [-0.3, -0.25) is 4.79 Å². The van der Waals surface area contributed by atoms with Gasteiger partial charge in [-0.25, -0.2) is 14.8 Å². The predicted octanol–water partition coefficient (Wildman–Crippen LogP) is 1.53. The standard InChI is InChI=1S/C13H20N4O2/c1-10-6-7-11(17(9-18)16(4)5)8-12(10)14-13(19)15(2)3/h6-9H,1-5H3,(H,14,19). The predicted molar refractivity (Wildman–Crippen MR) is 76.1 cm³/mol. The van der Waals surface area contributed by atoms with E-state index in [-0.39, 0.29) is 6.03 Å². The molecule has 0 saturated carbocycles. The van der Waals surface area contributed by atoms with Crippen molar-refractivity contribution in [3.05, 3.63) is 23.8 Å². The minimum atomic E-state index is -0.206. The van der Waals surface area contributed by atoms with Gasteiger partial charge < -0.3 is 10.2 Å².